The van der Waals surface area contributed by atoms with Crippen molar-refractivity contribution < 1.29 is 4.79 Å². The fraction of sp³-hybridized carbons (Fsp3) is 0.562. The SMILES string of the molecule is NC(=O)c1ccc(SC2CC(N3CCCCC3)C2)cc1. The second-order valence-corrected chi connectivity index (χ2v) is 7.22. The molecule has 2 aliphatic rings. The quantitative estimate of drug-likeness (QED) is 0.927. The highest BCUT2D eigenvalue weighted by molar-refractivity contribution is 8.00. The Bertz CT molecular complexity index is 462. The molecule has 1 aliphatic carbocycles. The van der Waals surface area contributed by atoms with Crippen LogP contribution in [0, 0.1) is 0 Å². The maximum Gasteiger partial charge on any atom is 0.248 e. The Morgan fingerprint density at radius 3 is 2.35 bits per heavy atom. The van der Waals surface area contributed by atoms with Crippen molar-refractivity contribution in [3.63, 3.8) is 0 Å². The van der Waals surface area contributed by atoms with Crippen LogP contribution in [0.15, 0.2) is 29.2 Å². The number of hydrogen-bond donors (Lipinski definition) is 1. The van der Waals surface area contributed by atoms with Crippen LogP contribution in [0.1, 0.15) is 42.5 Å². The summed E-state index contributed by atoms with van der Waals surface area (Å²) >= 11 is 1.94. The van der Waals surface area contributed by atoms with Gasteiger partial charge in [-0.2, -0.15) is 0 Å². The van der Waals surface area contributed by atoms with Crippen LogP contribution in [-0.2, 0) is 0 Å². The van der Waals surface area contributed by atoms with Crippen LogP contribution in [0.2, 0.25) is 0 Å². The van der Waals surface area contributed by atoms with Gasteiger partial charge in [0.25, 0.3) is 0 Å². The minimum Gasteiger partial charge on any atom is -0.366 e. The topological polar surface area (TPSA) is 46.3 Å². The number of thioether (sulfide) groups is 1. The molecule has 1 saturated carbocycles. The van der Waals surface area contributed by atoms with E-state index in [1.165, 1.54) is 50.1 Å². The number of primary amides is 1. The number of amides is 1. The lowest BCUT2D eigenvalue weighted by Crippen LogP contribution is -2.48. The van der Waals surface area contributed by atoms with Gasteiger partial charge < -0.3 is 10.6 Å². The first-order valence-electron chi connectivity index (χ1n) is 7.53. The predicted octanol–water partition coefficient (Wildman–Crippen LogP) is 2.89. The highest BCUT2D eigenvalue weighted by Gasteiger charge is 2.34. The van der Waals surface area contributed by atoms with Gasteiger partial charge in [0.05, 0.1) is 0 Å². The molecule has 108 valence electrons. The van der Waals surface area contributed by atoms with Crippen molar-refractivity contribution in [1.82, 2.24) is 4.90 Å². The van der Waals surface area contributed by atoms with Gasteiger partial charge in [-0.3, -0.25) is 4.79 Å². The number of nitrogens with two attached hydrogens (primary N) is 1. The van der Waals surface area contributed by atoms with Gasteiger partial charge in [-0.15, -0.1) is 11.8 Å². The molecule has 3 nitrogen and oxygen atoms in total. The largest absolute Gasteiger partial charge is 0.366 e. The first-order chi connectivity index (χ1) is 9.72. The number of rotatable bonds is 4. The van der Waals surface area contributed by atoms with Gasteiger partial charge in [0.15, 0.2) is 0 Å². The molecule has 1 aromatic carbocycles. The molecular weight excluding hydrogens is 268 g/mol. The summed E-state index contributed by atoms with van der Waals surface area (Å²) in [5.41, 5.74) is 5.84. The van der Waals surface area contributed by atoms with Crippen LogP contribution in [0.25, 0.3) is 0 Å². The number of carbonyl (C=O) groups is 1. The molecule has 1 saturated heterocycles. The molecule has 4 heteroatoms. The van der Waals surface area contributed by atoms with Crippen LogP contribution in [0.5, 0.6) is 0 Å². The Morgan fingerprint density at radius 2 is 1.75 bits per heavy atom. The third kappa shape index (κ3) is 3.18. The van der Waals surface area contributed by atoms with E-state index < -0.39 is 0 Å². The molecular formula is C16H22N2OS. The van der Waals surface area contributed by atoms with E-state index in [1.807, 2.05) is 36.0 Å². The smallest absolute Gasteiger partial charge is 0.248 e. The van der Waals surface area contributed by atoms with Crippen molar-refractivity contribution in [2.75, 3.05) is 13.1 Å². The Hall–Kier alpha value is -1.00. The molecule has 0 unspecified atom stereocenters. The van der Waals surface area contributed by atoms with E-state index in [1.54, 1.807) is 0 Å². The molecule has 2 fully saturated rings. The van der Waals surface area contributed by atoms with E-state index in [-0.39, 0.29) is 5.91 Å². The monoisotopic (exact) mass is 290 g/mol. The summed E-state index contributed by atoms with van der Waals surface area (Å²) in [6.45, 7) is 2.60. The highest BCUT2D eigenvalue weighted by Crippen LogP contribution is 2.39. The Morgan fingerprint density at radius 1 is 1.10 bits per heavy atom. The van der Waals surface area contributed by atoms with E-state index in [9.17, 15) is 4.79 Å². The van der Waals surface area contributed by atoms with Crippen LogP contribution in [0.3, 0.4) is 0 Å². The minimum atomic E-state index is -0.352. The van der Waals surface area contributed by atoms with Crippen molar-refractivity contribution >= 4 is 17.7 Å². The molecule has 0 spiro atoms. The summed E-state index contributed by atoms with van der Waals surface area (Å²) in [4.78, 5) is 15.0. The van der Waals surface area contributed by atoms with Crippen molar-refractivity contribution in [3.05, 3.63) is 29.8 Å². The molecule has 0 aromatic heterocycles. The average Bonchev–Trinajstić information content (AvgIpc) is 2.44. The number of nitrogens with zero attached hydrogens (tertiary/aromatic N) is 1. The van der Waals surface area contributed by atoms with Gasteiger partial charge in [0.1, 0.15) is 0 Å². The van der Waals surface area contributed by atoms with Crippen molar-refractivity contribution in [2.45, 2.75) is 48.3 Å². The number of piperidine rings is 1. The Balaban J connectivity index is 1.47. The number of hydrogen-bond acceptors (Lipinski definition) is 3. The number of likely N-dealkylation sites (tertiary alicyclic amines) is 1. The standard InChI is InChI=1S/C16H22N2OS/c17-16(19)12-4-6-14(7-5-12)20-15-10-13(11-15)18-8-2-1-3-9-18/h4-7,13,15H,1-3,8-11H2,(H2,17,19). The second kappa shape index (κ2) is 6.19. The molecule has 1 heterocycles. The van der Waals surface area contributed by atoms with Gasteiger partial charge in [-0.05, 0) is 63.0 Å². The zero-order valence-corrected chi connectivity index (χ0v) is 12.6. The normalized spacial score (nSPS) is 27.0. The molecule has 0 bridgehead atoms. The molecule has 1 aliphatic heterocycles. The Kier molecular flexibility index (Phi) is 4.32. The molecule has 2 N–H and O–H groups in total. The third-order valence-electron chi connectivity index (χ3n) is 4.42. The van der Waals surface area contributed by atoms with Crippen LogP contribution < -0.4 is 5.73 Å². The maximum absolute atomic E-state index is 11.0. The van der Waals surface area contributed by atoms with E-state index in [4.69, 9.17) is 5.73 Å². The third-order valence-corrected chi connectivity index (χ3v) is 5.68. The van der Waals surface area contributed by atoms with E-state index in [0.717, 1.165) is 11.3 Å². The highest BCUT2D eigenvalue weighted by atomic mass is 32.2. The summed E-state index contributed by atoms with van der Waals surface area (Å²) in [5.74, 6) is -0.352. The average molecular weight is 290 g/mol. The molecule has 1 amide bonds. The van der Waals surface area contributed by atoms with Crippen LogP contribution >= 0.6 is 11.8 Å². The van der Waals surface area contributed by atoms with Crippen molar-refractivity contribution in [1.29, 1.82) is 0 Å². The van der Waals surface area contributed by atoms with Gasteiger partial charge in [0, 0.05) is 21.8 Å². The summed E-state index contributed by atoms with van der Waals surface area (Å²) in [5, 5.41) is 0.737. The zero-order valence-electron chi connectivity index (χ0n) is 11.8. The lowest BCUT2D eigenvalue weighted by Gasteiger charge is -2.44. The first kappa shape index (κ1) is 14.0. The van der Waals surface area contributed by atoms with Gasteiger partial charge in [0.2, 0.25) is 5.91 Å². The molecule has 3 rings (SSSR count). The van der Waals surface area contributed by atoms with Crippen molar-refractivity contribution in [2.24, 2.45) is 5.73 Å². The van der Waals surface area contributed by atoms with Gasteiger partial charge in [-0.25, -0.2) is 0 Å². The minimum absolute atomic E-state index is 0.352. The second-order valence-electron chi connectivity index (χ2n) is 5.85. The maximum atomic E-state index is 11.0. The fourth-order valence-corrected chi connectivity index (χ4v) is 4.42. The fourth-order valence-electron chi connectivity index (χ4n) is 3.11. The molecule has 20 heavy (non-hydrogen) atoms. The lowest BCUT2D eigenvalue weighted by atomic mass is 9.89. The summed E-state index contributed by atoms with van der Waals surface area (Å²) < 4.78 is 0. The number of benzene rings is 1. The summed E-state index contributed by atoms with van der Waals surface area (Å²) in [6.07, 6.45) is 6.78. The van der Waals surface area contributed by atoms with Crippen LogP contribution in [-0.4, -0.2) is 35.2 Å². The predicted molar refractivity (Wildman–Crippen MR) is 83.1 cm³/mol. The van der Waals surface area contributed by atoms with Gasteiger partial charge >= 0.3 is 0 Å². The molecule has 0 radical (unpaired) electrons. The molecule has 1 aromatic rings. The van der Waals surface area contributed by atoms with E-state index >= 15 is 0 Å². The van der Waals surface area contributed by atoms with Crippen molar-refractivity contribution in [3.8, 4) is 0 Å². The van der Waals surface area contributed by atoms with Crippen LogP contribution in [0.4, 0.5) is 0 Å². The molecule has 0 atom stereocenters. The lowest BCUT2D eigenvalue weighted by molar-refractivity contribution is 0.1000. The number of carbonyl (C=O) groups excluding carboxylic acids is 1. The zero-order chi connectivity index (χ0) is 13.9. The summed E-state index contributed by atoms with van der Waals surface area (Å²) in [7, 11) is 0. The first-order valence-corrected chi connectivity index (χ1v) is 8.41. The van der Waals surface area contributed by atoms with E-state index in [2.05, 4.69) is 4.90 Å². The Labute approximate surface area is 124 Å². The van der Waals surface area contributed by atoms with Gasteiger partial charge in [-0.1, -0.05) is 6.42 Å². The van der Waals surface area contributed by atoms with E-state index in [0.29, 0.717) is 5.56 Å². The summed E-state index contributed by atoms with van der Waals surface area (Å²) in [6, 6.07) is 8.49.